The van der Waals surface area contributed by atoms with Gasteiger partial charge in [0.25, 0.3) is 0 Å². The minimum absolute atomic E-state index is 0.234. The Hall–Kier alpha value is -1.38. The molecule has 2 aromatic carbocycles. The molecule has 1 fully saturated rings. The van der Waals surface area contributed by atoms with Crippen molar-refractivity contribution < 1.29 is 10.2 Å². The lowest BCUT2D eigenvalue weighted by molar-refractivity contribution is -0.0278. The molecule has 0 bridgehead atoms. The third-order valence-electron chi connectivity index (χ3n) is 4.60. The molecular formula is C18H22O2. The summed E-state index contributed by atoms with van der Waals surface area (Å²) in [5.74, 6) is 0.234. The van der Waals surface area contributed by atoms with Gasteiger partial charge in [-0.2, -0.15) is 0 Å². The molecule has 0 heterocycles. The zero-order valence-corrected chi connectivity index (χ0v) is 11.7. The van der Waals surface area contributed by atoms with E-state index < -0.39 is 12.2 Å². The van der Waals surface area contributed by atoms with Crippen LogP contribution in [0.3, 0.4) is 0 Å². The average Bonchev–Trinajstić information content (AvgIpc) is 2.54. The van der Waals surface area contributed by atoms with Crippen molar-refractivity contribution in [1.29, 1.82) is 0 Å². The Morgan fingerprint density at radius 2 is 1.55 bits per heavy atom. The summed E-state index contributed by atoms with van der Waals surface area (Å²) in [7, 11) is 0. The van der Waals surface area contributed by atoms with Crippen LogP contribution in [0.25, 0.3) is 10.8 Å². The normalized spacial score (nSPS) is 19.9. The van der Waals surface area contributed by atoms with Crippen LogP contribution < -0.4 is 0 Å². The molecule has 0 saturated heterocycles. The van der Waals surface area contributed by atoms with Crippen LogP contribution in [0.1, 0.15) is 43.8 Å². The molecule has 1 aliphatic carbocycles. The largest absolute Gasteiger partial charge is 0.390 e. The maximum absolute atomic E-state index is 10.6. The van der Waals surface area contributed by atoms with Crippen molar-refractivity contribution in [2.24, 2.45) is 5.92 Å². The summed E-state index contributed by atoms with van der Waals surface area (Å²) < 4.78 is 0. The third kappa shape index (κ3) is 2.58. The zero-order valence-electron chi connectivity index (χ0n) is 11.7. The topological polar surface area (TPSA) is 40.5 Å². The first kappa shape index (κ1) is 13.6. The van der Waals surface area contributed by atoms with Gasteiger partial charge in [-0.3, -0.25) is 0 Å². The first-order chi connectivity index (χ1) is 9.77. The number of rotatable bonds is 3. The van der Waals surface area contributed by atoms with Crippen LogP contribution in [0.2, 0.25) is 0 Å². The fourth-order valence-corrected chi connectivity index (χ4v) is 3.43. The van der Waals surface area contributed by atoms with Gasteiger partial charge in [0.1, 0.15) is 6.10 Å². The van der Waals surface area contributed by atoms with Gasteiger partial charge < -0.3 is 10.2 Å². The fraction of sp³-hybridized carbons (Fsp3) is 0.444. The van der Waals surface area contributed by atoms with Gasteiger partial charge >= 0.3 is 0 Å². The lowest BCUT2D eigenvalue weighted by Crippen LogP contribution is -2.29. The minimum Gasteiger partial charge on any atom is -0.390 e. The van der Waals surface area contributed by atoms with E-state index in [1.807, 2.05) is 42.5 Å². The minimum atomic E-state index is -0.788. The van der Waals surface area contributed by atoms with Crippen molar-refractivity contribution in [3.63, 3.8) is 0 Å². The van der Waals surface area contributed by atoms with Crippen LogP contribution in [0.4, 0.5) is 0 Å². The van der Waals surface area contributed by atoms with Crippen LogP contribution in [-0.4, -0.2) is 16.3 Å². The first-order valence-corrected chi connectivity index (χ1v) is 7.61. The summed E-state index contributed by atoms with van der Waals surface area (Å²) in [6.07, 6.45) is 4.22. The lowest BCUT2D eigenvalue weighted by Gasteiger charge is -2.30. The highest BCUT2D eigenvalue weighted by molar-refractivity contribution is 5.86. The molecule has 0 aromatic heterocycles. The van der Waals surface area contributed by atoms with E-state index in [4.69, 9.17) is 0 Å². The van der Waals surface area contributed by atoms with Crippen molar-refractivity contribution in [3.8, 4) is 0 Å². The van der Waals surface area contributed by atoms with Gasteiger partial charge in [-0.05, 0) is 35.1 Å². The Balaban J connectivity index is 1.89. The fourth-order valence-electron chi connectivity index (χ4n) is 3.43. The number of hydrogen-bond acceptors (Lipinski definition) is 2. The van der Waals surface area contributed by atoms with E-state index in [9.17, 15) is 10.2 Å². The molecule has 0 spiro atoms. The molecule has 1 saturated carbocycles. The van der Waals surface area contributed by atoms with Crippen LogP contribution in [0.15, 0.2) is 42.5 Å². The highest BCUT2D eigenvalue weighted by Gasteiger charge is 2.29. The number of benzene rings is 2. The molecule has 1 aliphatic rings. The molecule has 0 aliphatic heterocycles. The summed E-state index contributed by atoms with van der Waals surface area (Å²) >= 11 is 0. The molecule has 2 N–H and O–H groups in total. The molecule has 3 rings (SSSR count). The van der Waals surface area contributed by atoms with Gasteiger partial charge in [0.15, 0.2) is 0 Å². The Morgan fingerprint density at radius 1 is 0.850 bits per heavy atom. The van der Waals surface area contributed by atoms with Crippen molar-refractivity contribution in [2.75, 3.05) is 0 Å². The second-order valence-corrected chi connectivity index (χ2v) is 5.90. The van der Waals surface area contributed by atoms with Crippen molar-refractivity contribution in [1.82, 2.24) is 0 Å². The Kier molecular flexibility index (Phi) is 4.04. The second-order valence-electron chi connectivity index (χ2n) is 5.90. The Morgan fingerprint density at radius 3 is 2.35 bits per heavy atom. The monoisotopic (exact) mass is 270 g/mol. The van der Waals surface area contributed by atoms with Crippen LogP contribution in [0, 0.1) is 5.92 Å². The van der Waals surface area contributed by atoms with E-state index in [-0.39, 0.29) is 5.92 Å². The zero-order chi connectivity index (χ0) is 13.9. The third-order valence-corrected chi connectivity index (χ3v) is 4.60. The quantitative estimate of drug-likeness (QED) is 0.890. The van der Waals surface area contributed by atoms with Gasteiger partial charge in [-0.25, -0.2) is 0 Å². The molecule has 2 aromatic rings. The molecule has 0 amide bonds. The Bertz CT molecular complexity index is 567. The predicted molar refractivity (Wildman–Crippen MR) is 81.5 cm³/mol. The van der Waals surface area contributed by atoms with Crippen LogP contribution >= 0.6 is 0 Å². The molecule has 2 heteroatoms. The van der Waals surface area contributed by atoms with Gasteiger partial charge in [-0.15, -0.1) is 0 Å². The standard InChI is InChI=1S/C18H22O2/c19-17(14-8-2-1-3-9-14)18(20)16-12-6-10-13-7-4-5-11-15(13)16/h4-7,10-12,14,17-20H,1-3,8-9H2. The predicted octanol–water partition coefficient (Wildman–Crippen LogP) is 3.81. The van der Waals surface area contributed by atoms with E-state index in [1.54, 1.807) is 0 Å². The molecule has 0 radical (unpaired) electrons. The van der Waals surface area contributed by atoms with E-state index in [0.717, 1.165) is 29.2 Å². The summed E-state index contributed by atoms with van der Waals surface area (Å²) in [4.78, 5) is 0. The summed E-state index contributed by atoms with van der Waals surface area (Å²) in [5, 5.41) is 23.2. The highest BCUT2D eigenvalue weighted by atomic mass is 16.3. The van der Waals surface area contributed by atoms with Gasteiger partial charge in [0.05, 0.1) is 6.10 Å². The molecule has 2 nitrogen and oxygen atoms in total. The maximum Gasteiger partial charge on any atom is 0.106 e. The van der Waals surface area contributed by atoms with Crippen molar-refractivity contribution in [2.45, 2.75) is 44.3 Å². The summed E-state index contributed by atoms with van der Waals surface area (Å²) in [6.45, 7) is 0. The van der Waals surface area contributed by atoms with Crippen LogP contribution in [-0.2, 0) is 0 Å². The maximum atomic E-state index is 10.6. The van der Waals surface area contributed by atoms with E-state index in [2.05, 4.69) is 0 Å². The highest BCUT2D eigenvalue weighted by Crippen LogP contribution is 2.34. The summed E-state index contributed by atoms with van der Waals surface area (Å²) in [5.41, 5.74) is 0.848. The number of fused-ring (bicyclic) bond motifs is 1. The SMILES string of the molecule is OC(c1cccc2ccccc12)C(O)C1CCCCC1. The molecule has 20 heavy (non-hydrogen) atoms. The summed E-state index contributed by atoms with van der Waals surface area (Å²) in [6, 6.07) is 14.0. The van der Waals surface area contributed by atoms with Gasteiger partial charge in [0, 0.05) is 0 Å². The number of aliphatic hydroxyl groups is 2. The molecular weight excluding hydrogens is 248 g/mol. The molecule has 2 atom stereocenters. The van der Waals surface area contributed by atoms with Gasteiger partial charge in [-0.1, -0.05) is 61.7 Å². The van der Waals surface area contributed by atoms with Crippen molar-refractivity contribution in [3.05, 3.63) is 48.0 Å². The number of aliphatic hydroxyl groups excluding tert-OH is 2. The average molecular weight is 270 g/mol. The van der Waals surface area contributed by atoms with E-state index in [0.29, 0.717) is 0 Å². The van der Waals surface area contributed by atoms with E-state index >= 15 is 0 Å². The van der Waals surface area contributed by atoms with Crippen molar-refractivity contribution >= 4 is 10.8 Å². The van der Waals surface area contributed by atoms with Crippen LogP contribution in [0.5, 0.6) is 0 Å². The van der Waals surface area contributed by atoms with Gasteiger partial charge in [0.2, 0.25) is 0 Å². The lowest BCUT2D eigenvalue weighted by atomic mass is 9.81. The second kappa shape index (κ2) is 5.94. The smallest absolute Gasteiger partial charge is 0.106 e. The molecule has 2 unspecified atom stereocenters. The van der Waals surface area contributed by atoms with E-state index in [1.165, 1.54) is 19.3 Å². The molecule has 106 valence electrons. The Labute approximate surface area is 120 Å². The first-order valence-electron chi connectivity index (χ1n) is 7.61. The number of hydrogen-bond donors (Lipinski definition) is 2.